The Bertz CT molecular complexity index is 956. The number of aryl methyl sites for hydroxylation is 2. The van der Waals surface area contributed by atoms with E-state index in [9.17, 15) is 14.4 Å². The van der Waals surface area contributed by atoms with Gasteiger partial charge in [-0.2, -0.15) is 0 Å². The molecule has 1 unspecified atom stereocenters. The van der Waals surface area contributed by atoms with Gasteiger partial charge < -0.3 is 10.2 Å². The fraction of sp³-hybridized carbons (Fsp3) is 0.368. The van der Waals surface area contributed by atoms with E-state index in [-0.39, 0.29) is 24.0 Å². The third-order valence-electron chi connectivity index (χ3n) is 4.95. The van der Waals surface area contributed by atoms with Crippen LogP contribution >= 0.6 is 27.3 Å². The van der Waals surface area contributed by atoms with Crippen LogP contribution in [0, 0.1) is 12.8 Å². The maximum absolute atomic E-state index is 12.6. The minimum absolute atomic E-state index is 0.0644. The van der Waals surface area contributed by atoms with Crippen molar-refractivity contribution in [2.24, 2.45) is 5.92 Å². The van der Waals surface area contributed by atoms with Crippen LogP contribution in [0.25, 0.3) is 0 Å². The predicted molar refractivity (Wildman–Crippen MR) is 107 cm³/mol. The van der Waals surface area contributed by atoms with Gasteiger partial charge in [-0.05, 0) is 43.5 Å². The van der Waals surface area contributed by atoms with E-state index in [1.165, 1.54) is 11.3 Å². The average Bonchev–Trinajstić information content (AvgIpc) is 3.21. The van der Waals surface area contributed by atoms with Crippen molar-refractivity contribution in [3.05, 3.63) is 38.8 Å². The van der Waals surface area contributed by atoms with Crippen molar-refractivity contribution >= 4 is 55.7 Å². The normalized spacial score (nSPS) is 19.3. The van der Waals surface area contributed by atoms with Gasteiger partial charge in [0.1, 0.15) is 0 Å². The van der Waals surface area contributed by atoms with Crippen LogP contribution in [0.1, 0.15) is 40.2 Å². The van der Waals surface area contributed by atoms with Crippen molar-refractivity contribution in [1.82, 2.24) is 4.98 Å². The van der Waals surface area contributed by atoms with Gasteiger partial charge in [0.25, 0.3) is 0 Å². The van der Waals surface area contributed by atoms with Crippen LogP contribution < -0.4 is 10.2 Å². The summed E-state index contributed by atoms with van der Waals surface area (Å²) in [7, 11) is 0. The predicted octanol–water partition coefficient (Wildman–Crippen LogP) is 3.72. The lowest BCUT2D eigenvalue weighted by Crippen LogP contribution is -2.28. The van der Waals surface area contributed by atoms with Gasteiger partial charge in [-0.3, -0.25) is 14.4 Å². The van der Waals surface area contributed by atoms with Crippen molar-refractivity contribution in [2.75, 3.05) is 16.8 Å². The summed E-state index contributed by atoms with van der Waals surface area (Å²) < 4.78 is 0.981. The number of amides is 2. The molecule has 2 aliphatic rings. The van der Waals surface area contributed by atoms with Crippen LogP contribution in [0.4, 0.5) is 10.8 Å². The lowest BCUT2D eigenvalue weighted by Gasteiger charge is -2.17. The van der Waals surface area contributed by atoms with Crippen LogP contribution in [0.5, 0.6) is 0 Å². The minimum Gasteiger partial charge on any atom is -0.312 e. The standard InChI is InChI=1S/C19H18BrN3O3S/c1-10-7-12(5-6-13(10)20)23-9-11(8-16(23)25)18(26)22-19-21-14-3-2-4-15(24)17(14)27-19/h5-7,11H,2-4,8-9H2,1H3,(H,21,22,26). The molecule has 140 valence electrons. The molecule has 0 bridgehead atoms. The molecule has 1 aromatic heterocycles. The Morgan fingerprint density at radius 3 is 2.89 bits per heavy atom. The minimum atomic E-state index is -0.432. The fourth-order valence-corrected chi connectivity index (χ4v) is 4.69. The van der Waals surface area contributed by atoms with Crippen LogP contribution in [-0.2, 0) is 16.0 Å². The molecule has 4 rings (SSSR count). The number of benzene rings is 1. The first kappa shape index (κ1) is 18.3. The number of carbonyl (C=O) groups excluding carboxylic acids is 3. The van der Waals surface area contributed by atoms with Crippen molar-refractivity contribution in [1.29, 1.82) is 0 Å². The molecule has 2 aromatic rings. The van der Waals surface area contributed by atoms with Crippen LogP contribution in [0.15, 0.2) is 22.7 Å². The molecule has 0 spiro atoms. The Labute approximate surface area is 169 Å². The molecule has 8 heteroatoms. The van der Waals surface area contributed by atoms with Gasteiger partial charge in [0.15, 0.2) is 10.9 Å². The molecule has 0 saturated carbocycles. The molecule has 6 nitrogen and oxygen atoms in total. The number of fused-ring (bicyclic) bond motifs is 1. The summed E-state index contributed by atoms with van der Waals surface area (Å²) in [6, 6.07) is 5.71. The second kappa shape index (κ2) is 7.16. The van der Waals surface area contributed by atoms with Crippen molar-refractivity contribution < 1.29 is 14.4 Å². The Hall–Kier alpha value is -2.06. The zero-order chi connectivity index (χ0) is 19.1. The first-order valence-corrected chi connectivity index (χ1v) is 10.4. The summed E-state index contributed by atoms with van der Waals surface area (Å²) in [6.45, 7) is 2.31. The number of nitrogens with zero attached hydrogens (tertiary/aromatic N) is 2. The van der Waals surface area contributed by atoms with Gasteiger partial charge in [-0.15, -0.1) is 0 Å². The van der Waals surface area contributed by atoms with E-state index >= 15 is 0 Å². The highest BCUT2D eigenvalue weighted by Crippen LogP contribution is 2.32. The number of aromatic nitrogens is 1. The number of carbonyl (C=O) groups is 3. The number of Topliss-reactive ketones (excluding diaryl/α,β-unsaturated/α-hetero) is 1. The molecular weight excluding hydrogens is 430 g/mol. The van der Waals surface area contributed by atoms with E-state index in [1.54, 1.807) is 4.90 Å². The second-order valence-electron chi connectivity index (χ2n) is 6.90. The fourth-order valence-electron chi connectivity index (χ4n) is 3.46. The third-order valence-corrected chi connectivity index (χ3v) is 6.89. The SMILES string of the molecule is Cc1cc(N2CC(C(=O)Nc3nc4c(s3)C(=O)CCC4)CC2=O)ccc1Br. The Kier molecular flexibility index (Phi) is 4.86. The molecule has 1 N–H and O–H groups in total. The number of ketones is 1. The van der Waals surface area contributed by atoms with Gasteiger partial charge in [0, 0.05) is 29.5 Å². The van der Waals surface area contributed by atoms with E-state index in [0.717, 1.165) is 34.3 Å². The molecule has 2 heterocycles. The molecule has 1 aliphatic carbocycles. The lowest BCUT2D eigenvalue weighted by atomic mass is 10.0. The molecule has 1 atom stereocenters. The molecule has 2 amide bonds. The van der Waals surface area contributed by atoms with Gasteiger partial charge in [0.2, 0.25) is 11.8 Å². The number of hydrogen-bond acceptors (Lipinski definition) is 5. The largest absolute Gasteiger partial charge is 0.312 e. The van der Waals surface area contributed by atoms with Crippen LogP contribution in [-0.4, -0.2) is 29.1 Å². The van der Waals surface area contributed by atoms with Gasteiger partial charge in [-0.1, -0.05) is 27.3 Å². The zero-order valence-corrected chi connectivity index (χ0v) is 17.2. The Morgan fingerprint density at radius 2 is 2.15 bits per heavy atom. The van der Waals surface area contributed by atoms with E-state index in [2.05, 4.69) is 26.2 Å². The molecule has 0 radical (unpaired) electrons. The van der Waals surface area contributed by atoms with Crippen molar-refractivity contribution in [2.45, 2.75) is 32.6 Å². The highest BCUT2D eigenvalue weighted by atomic mass is 79.9. The lowest BCUT2D eigenvalue weighted by molar-refractivity contribution is -0.122. The Morgan fingerprint density at radius 1 is 1.33 bits per heavy atom. The van der Waals surface area contributed by atoms with E-state index < -0.39 is 5.92 Å². The summed E-state index contributed by atoms with van der Waals surface area (Å²) >= 11 is 4.69. The number of thiazole rings is 1. The van der Waals surface area contributed by atoms with E-state index in [0.29, 0.717) is 23.0 Å². The number of halogens is 1. The topological polar surface area (TPSA) is 79.4 Å². The molecule has 1 aliphatic heterocycles. The number of hydrogen-bond donors (Lipinski definition) is 1. The molecule has 27 heavy (non-hydrogen) atoms. The highest BCUT2D eigenvalue weighted by Gasteiger charge is 2.36. The summed E-state index contributed by atoms with van der Waals surface area (Å²) in [5.41, 5.74) is 2.61. The second-order valence-corrected chi connectivity index (χ2v) is 8.75. The molecule has 1 saturated heterocycles. The zero-order valence-electron chi connectivity index (χ0n) is 14.8. The van der Waals surface area contributed by atoms with Crippen LogP contribution in [0.2, 0.25) is 0 Å². The average molecular weight is 448 g/mol. The van der Waals surface area contributed by atoms with E-state index in [1.807, 2.05) is 25.1 Å². The highest BCUT2D eigenvalue weighted by molar-refractivity contribution is 9.10. The molecule has 1 aromatic carbocycles. The number of rotatable bonds is 3. The van der Waals surface area contributed by atoms with Gasteiger partial charge >= 0.3 is 0 Å². The quantitative estimate of drug-likeness (QED) is 0.777. The van der Waals surface area contributed by atoms with E-state index in [4.69, 9.17) is 0 Å². The van der Waals surface area contributed by atoms with Crippen molar-refractivity contribution in [3.63, 3.8) is 0 Å². The monoisotopic (exact) mass is 447 g/mol. The first-order valence-electron chi connectivity index (χ1n) is 8.82. The smallest absolute Gasteiger partial charge is 0.231 e. The third kappa shape index (κ3) is 3.55. The van der Waals surface area contributed by atoms with Gasteiger partial charge in [-0.25, -0.2) is 4.98 Å². The maximum Gasteiger partial charge on any atom is 0.231 e. The Balaban J connectivity index is 1.46. The summed E-state index contributed by atoms with van der Waals surface area (Å²) in [5, 5.41) is 3.25. The van der Waals surface area contributed by atoms with Crippen molar-refractivity contribution in [3.8, 4) is 0 Å². The van der Waals surface area contributed by atoms with Crippen LogP contribution in [0.3, 0.4) is 0 Å². The summed E-state index contributed by atoms with van der Waals surface area (Å²) in [6.07, 6.45) is 2.29. The molecule has 1 fully saturated rings. The molecular formula is C19H18BrN3O3S. The number of anilines is 2. The summed E-state index contributed by atoms with van der Waals surface area (Å²) in [5.74, 6) is -0.621. The van der Waals surface area contributed by atoms with Gasteiger partial charge in [0.05, 0.1) is 16.5 Å². The first-order chi connectivity index (χ1) is 12.9. The summed E-state index contributed by atoms with van der Waals surface area (Å²) in [4.78, 5) is 43.7. The maximum atomic E-state index is 12.6. The number of nitrogens with one attached hydrogen (secondary N) is 1.